The van der Waals surface area contributed by atoms with Crippen LogP contribution < -0.4 is 10.1 Å². The molecule has 1 saturated heterocycles. The molecule has 1 aliphatic heterocycles. The van der Waals surface area contributed by atoms with Gasteiger partial charge in [-0.3, -0.25) is 4.79 Å². The molecule has 1 heterocycles. The highest BCUT2D eigenvalue weighted by Gasteiger charge is 2.27. The van der Waals surface area contributed by atoms with Gasteiger partial charge in [0.2, 0.25) is 10.0 Å². The van der Waals surface area contributed by atoms with E-state index in [9.17, 15) is 18.3 Å². The summed E-state index contributed by atoms with van der Waals surface area (Å²) in [6.45, 7) is 0.643. The number of nitrogens with one attached hydrogen (secondary N) is 1. The fourth-order valence-corrected chi connectivity index (χ4v) is 4.39. The summed E-state index contributed by atoms with van der Waals surface area (Å²) < 4.78 is 32.0. The van der Waals surface area contributed by atoms with Gasteiger partial charge in [-0.15, -0.1) is 0 Å². The largest absolute Gasteiger partial charge is 0.506 e. The van der Waals surface area contributed by atoms with Gasteiger partial charge in [-0.1, -0.05) is 11.6 Å². The molecule has 0 saturated carbocycles. The number of hydrogen-bond donors (Lipinski definition) is 2. The average molecular weight is 411 g/mol. The van der Waals surface area contributed by atoms with Gasteiger partial charge in [-0.05, 0) is 55.3 Å². The quantitative estimate of drug-likeness (QED) is 0.714. The van der Waals surface area contributed by atoms with E-state index in [4.69, 9.17) is 16.3 Å². The van der Waals surface area contributed by atoms with Gasteiger partial charge < -0.3 is 15.2 Å². The topological polar surface area (TPSA) is 95.9 Å². The van der Waals surface area contributed by atoms with Crippen molar-refractivity contribution in [2.24, 2.45) is 0 Å². The van der Waals surface area contributed by atoms with Gasteiger partial charge in [-0.2, -0.15) is 4.31 Å². The minimum atomic E-state index is -3.65. The lowest BCUT2D eigenvalue weighted by Crippen LogP contribution is -2.28. The number of aromatic hydroxyl groups is 1. The van der Waals surface area contributed by atoms with Crippen LogP contribution in [0.2, 0.25) is 5.02 Å². The Morgan fingerprint density at radius 2 is 1.81 bits per heavy atom. The normalized spacial score (nSPS) is 14.9. The molecule has 0 radical (unpaired) electrons. The highest BCUT2D eigenvalue weighted by atomic mass is 35.5. The van der Waals surface area contributed by atoms with Gasteiger partial charge in [0, 0.05) is 18.1 Å². The summed E-state index contributed by atoms with van der Waals surface area (Å²) in [4.78, 5) is 12.1. The summed E-state index contributed by atoms with van der Waals surface area (Å²) >= 11 is 5.78. The first-order valence-electron chi connectivity index (χ1n) is 8.37. The Kier molecular flexibility index (Phi) is 5.88. The zero-order chi connectivity index (χ0) is 19.4. The number of benzene rings is 2. The van der Waals surface area contributed by atoms with Crippen molar-refractivity contribution in [3.05, 3.63) is 47.5 Å². The van der Waals surface area contributed by atoms with Crippen LogP contribution in [0, 0.1) is 0 Å². The van der Waals surface area contributed by atoms with Gasteiger partial charge in [-0.25, -0.2) is 8.42 Å². The van der Waals surface area contributed by atoms with Crippen molar-refractivity contribution >= 4 is 33.2 Å². The van der Waals surface area contributed by atoms with Crippen molar-refractivity contribution < 1.29 is 23.1 Å². The molecule has 9 heteroatoms. The standard InChI is InChI=1S/C18H19ClN2O5S/c19-13-3-5-14(6-4-13)26-12-18(23)20-16-11-15(7-8-17(16)22)27(24,25)21-9-1-2-10-21/h3-8,11,22H,1-2,9-10,12H2,(H,20,23). The molecule has 0 bridgehead atoms. The first kappa shape index (κ1) is 19.5. The van der Waals surface area contributed by atoms with Crippen molar-refractivity contribution in [2.45, 2.75) is 17.7 Å². The van der Waals surface area contributed by atoms with Crippen LogP contribution in [0.4, 0.5) is 5.69 Å². The molecule has 1 amide bonds. The Morgan fingerprint density at radius 3 is 2.48 bits per heavy atom. The third-order valence-corrected chi connectivity index (χ3v) is 6.28. The van der Waals surface area contributed by atoms with Crippen LogP contribution in [0.5, 0.6) is 11.5 Å². The van der Waals surface area contributed by atoms with E-state index in [1.54, 1.807) is 24.3 Å². The Balaban J connectivity index is 1.68. The van der Waals surface area contributed by atoms with Crippen LogP contribution >= 0.6 is 11.6 Å². The number of anilines is 1. The number of rotatable bonds is 6. The minimum Gasteiger partial charge on any atom is -0.506 e. The zero-order valence-corrected chi connectivity index (χ0v) is 16.0. The Hall–Kier alpha value is -2.29. The first-order chi connectivity index (χ1) is 12.9. The van der Waals surface area contributed by atoms with Crippen molar-refractivity contribution in [1.29, 1.82) is 0 Å². The Morgan fingerprint density at radius 1 is 1.15 bits per heavy atom. The van der Waals surface area contributed by atoms with Crippen LogP contribution in [0.25, 0.3) is 0 Å². The van der Waals surface area contributed by atoms with E-state index in [0.717, 1.165) is 12.8 Å². The lowest BCUT2D eigenvalue weighted by Gasteiger charge is -2.16. The van der Waals surface area contributed by atoms with Crippen LogP contribution in [0.3, 0.4) is 0 Å². The molecule has 7 nitrogen and oxygen atoms in total. The summed E-state index contributed by atoms with van der Waals surface area (Å²) in [5.74, 6) is -0.296. The van der Waals surface area contributed by atoms with Gasteiger partial charge in [0.15, 0.2) is 6.61 Å². The molecule has 0 unspecified atom stereocenters. The van der Waals surface area contributed by atoms with Crippen molar-refractivity contribution in [2.75, 3.05) is 25.0 Å². The molecule has 2 aromatic carbocycles. The lowest BCUT2D eigenvalue weighted by atomic mass is 10.3. The number of carbonyl (C=O) groups is 1. The van der Waals surface area contributed by atoms with Gasteiger partial charge in [0.05, 0.1) is 10.6 Å². The molecule has 2 aromatic rings. The maximum atomic E-state index is 12.6. The molecule has 27 heavy (non-hydrogen) atoms. The van der Waals surface area contributed by atoms with Gasteiger partial charge >= 0.3 is 0 Å². The van der Waals surface area contributed by atoms with Crippen molar-refractivity contribution in [3.8, 4) is 11.5 Å². The second-order valence-corrected chi connectivity index (χ2v) is 8.46. The highest BCUT2D eigenvalue weighted by molar-refractivity contribution is 7.89. The SMILES string of the molecule is O=C(COc1ccc(Cl)cc1)Nc1cc(S(=O)(=O)N2CCCC2)ccc1O. The van der Waals surface area contributed by atoms with Crippen LogP contribution in [0.15, 0.2) is 47.4 Å². The molecule has 0 aromatic heterocycles. The average Bonchev–Trinajstić information content (AvgIpc) is 3.18. The fraction of sp³-hybridized carbons (Fsp3) is 0.278. The Bertz CT molecular complexity index is 925. The fourth-order valence-electron chi connectivity index (χ4n) is 2.72. The number of phenols is 1. The molecule has 0 spiro atoms. The van der Waals surface area contributed by atoms with E-state index in [2.05, 4.69) is 5.32 Å². The minimum absolute atomic E-state index is 0.0139. The monoisotopic (exact) mass is 410 g/mol. The van der Waals surface area contributed by atoms with E-state index in [1.807, 2.05) is 0 Å². The zero-order valence-electron chi connectivity index (χ0n) is 14.4. The first-order valence-corrected chi connectivity index (χ1v) is 10.2. The summed E-state index contributed by atoms with van der Waals surface area (Å²) in [6.07, 6.45) is 1.64. The predicted molar refractivity (Wildman–Crippen MR) is 102 cm³/mol. The lowest BCUT2D eigenvalue weighted by molar-refractivity contribution is -0.118. The van der Waals surface area contributed by atoms with Crippen LogP contribution in [-0.4, -0.2) is 43.4 Å². The van der Waals surface area contributed by atoms with E-state index < -0.39 is 15.9 Å². The number of amides is 1. The smallest absolute Gasteiger partial charge is 0.262 e. The number of halogens is 1. The number of phenolic OH excluding ortho intramolecular Hbond substituents is 1. The molecule has 144 valence electrons. The van der Waals surface area contributed by atoms with Crippen LogP contribution in [0.1, 0.15) is 12.8 Å². The molecule has 1 fully saturated rings. The maximum absolute atomic E-state index is 12.6. The molecular formula is C18H19ClN2O5S. The highest BCUT2D eigenvalue weighted by Crippen LogP contribution is 2.29. The molecule has 0 aliphatic carbocycles. The number of nitrogens with zero attached hydrogens (tertiary/aromatic N) is 1. The maximum Gasteiger partial charge on any atom is 0.262 e. The summed E-state index contributed by atoms with van der Waals surface area (Å²) in [5, 5.41) is 13.0. The van der Waals surface area contributed by atoms with E-state index in [1.165, 1.54) is 22.5 Å². The molecule has 1 aliphatic rings. The summed E-state index contributed by atoms with van der Waals surface area (Å²) in [6, 6.07) is 10.3. The second kappa shape index (κ2) is 8.16. The third kappa shape index (κ3) is 4.71. The molecule has 0 atom stereocenters. The number of ether oxygens (including phenoxy) is 1. The number of sulfonamides is 1. The van der Waals surface area contributed by atoms with E-state index >= 15 is 0 Å². The van der Waals surface area contributed by atoms with Gasteiger partial charge in [0.1, 0.15) is 11.5 Å². The molecular weight excluding hydrogens is 392 g/mol. The Labute approximate surface area is 162 Å². The number of hydrogen-bond acceptors (Lipinski definition) is 5. The third-order valence-electron chi connectivity index (χ3n) is 4.13. The summed E-state index contributed by atoms with van der Waals surface area (Å²) in [7, 11) is -3.65. The van der Waals surface area contributed by atoms with Crippen LogP contribution in [-0.2, 0) is 14.8 Å². The summed E-state index contributed by atoms with van der Waals surface area (Å²) in [5.41, 5.74) is 0.0139. The molecule has 2 N–H and O–H groups in total. The van der Waals surface area contributed by atoms with E-state index in [-0.39, 0.29) is 22.9 Å². The van der Waals surface area contributed by atoms with E-state index in [0.29, 0.717) is 23.9 Å². The van der Waals surface area contributed by atoms with Gasteiger partial charge in [0.25, 0.3) is 5.91 Å². The predicted octanol–water partition coefficient (Wildman–Crippen LogP) is 2.85. The number of carbonyl (C=O) groups excluding carboxylic acids is 1. The van der Waals surface area contributed by atoms with Crippen molar-refractivity contribution in [1.82, 2.24) is 4.31 Å². The molecule has 3 rings (SSSR count). The second-order valence-electron chi connectivity index (χ2n) is 6.08. The van der Waals surface area contributed by atoms with Crippen molar-refractivity contribution in [3.63, 3.8) is 0 Å².